The molecule has 0 saturated heterocycles. The van der Waals surface area contributed by atoms with Crippen molar-refractivity contribution in [3.63, 3.8) is 0 Å². The predicted molar refractivity (Wildman–Crippen MR) is 82.2 cm³/mol. The second-order valence-electron chi connectivity index (χ2n) is 4.10. The van der Waals surface area contributed by atoms with E-state index < -0.39 is 0 Å². The Morgan fingerprint density at radius 2 is 1.95 bits per heavy atom. The minimum Gasteiger partial charge on any atom is -0.398 e. The predicted octanol–water partition coefficient (Wildman–Crippen LogP) is 4.26. The highest BCUT2D eigenvalue weighted by molar-refractivity contribution is 9.10. The summed E-state index contributed by atoms with van der Waals surface area (Å²) in [5.74, 6) is -0.376. The van der Waals surface area contributed by atoms with Crippen molar-refractivity contribution >= 4 is 44.3 Å². The zero-order valence-corrected chi connectivity index (χ0v) is 12.6. The normalized spacial score (nSPS) is 10.9. The van der Waals surface area contributed by atoms with Gasteiger partial charge in [0, 0.05) is 16.0 Å². The highest BCUT2D eigenvalue weighted by atomic mass is 79.9. The number of fused-ring (bicyclic) bond motifs is 1. The molecule has 0 spiro atoms. The number of para-hydroxylation sites is 1. The van der Waals surface area contributed by atoms with Crippen molar-refractivity contribution in [2.45, 2.75) is 9.92 Å². The van der Waals surface area contributed by atoms with Crippen LogP contribution in [0, 0.1) is 5.82 Å². The number of aromatic nitrogens is 2. The molecule has 6 heteroatoms. The fourth-order valence-electron chi connectivity index (χ4n) is 1.80. The third kappa shape index (κ3) is 2.48. The van der Waals surface area contributed by atoms with Crippen LogP contribution < -0.4 is 5.73 Å². The summed E-state index contributed by atoms with van der Waals surface area (Å²) >= 11 is 4.56. The van der Waals surface area contributed by atoms with Crippen LogP contribution in [0.25, 0.3) is 10.9 Å². The van der Waals surface area contributed by atoms with Crippen molar-refractivity contribution in [1.29, 1.82) is 0 Å². The third-order valence-corrected chi connectivity index (χ3v) is 4.47. The van der Waals surface area contributed by atoms with Gasteiger partial charge < -0.3 is 5.73 Å². The molecule has 0 amide bonds. The van der Waals surface area contributed by atoms with Crippen LogP contribution in [0.2, 0.25) is 0 Å². The van der Waals surface area contributed by atoms with Crippen LogP contribution in [-0.4, -0.2) is 9.97 Å². The van der Waals surface area contributed by atoms with E-state index in [-0.39, 0.29) is 5.82 Å². The fraction of sp³-hybridized carbons (Fsp3) is 0. The van der Waals surface area contributed by atoms with Gasteiger partial charge in [0.25, 0.3) is 0 Å². The summed E-state index contributed by atoms with van der Waals surface area (Å²) in [5.41, 5.74) is 7.11. The van der Waals surface area contributed by atoms with Crippen LogP contribution in [0.5, 0.6) is 0 Å². The average Bonchev–Trinajstić information content (AvgIpc) is 2.45. The molecule has 0 fully saturated rings. The molecule has 0 aliphatic heterocycles. The Bertz CT molecular complexity index is 789. The topological polar surface area (TPSA) is 51.8 Å². The number of nitrogen functional groups attached to an aromatic ring is 1. The van der Waals surface area contributed by atoms with E-state index in [2.05, 4.69) is 25.9 Å². The maximum absolute atomic E-state index is 13.4. The Morgan fingerprint density at radius 1 is 1.15 bits per heavy atom. The van der Waals surface area contributed by atoms with E-state index in [9.17, 15) is 4.39 Å². The zero-order valence-electron chi connectivity index (χ0n) is 10.2. The number of nitrogens with zero attached hydrogens (tertiary/aromatic N) is 2. The molecule has 0 bridgehead atoms. The number of rotatable bonds is 2. The molecule has 100 valence electrons. The van der Waals surface area contributed by atoms with Crippen LogP contribution in [0.4, 0.5) is 10.1 Å². The van der Waals surface area contributed by atoms with Crippen molar-refractivity contribution in [2.75, 3.05) is 5.73 Å². The minimum atomic E-state index is -0.376. The number of hydrogen-bond donors (Lipinski definition) is 1. The summed E-state index contributed by atoms with van der Waals surface area (Å²) in [6, 6.07) is 10.7. The molecule has 1 aromatic heterocycles. The number of benzene rings is 2. The van der Waals surface area contributed by atoms with Crippen molar-refractivity contribution in [2.24, 2.45) is 0 Å². The lowest BCUT2D eigenvalue weighted by molar-refractivity contribution is 0.620. The highest BCUT2D eigenvalue weighted by Gasteiger charge is 2.10. The SMILES string of the molecule is Nc1cc(F)c(Br)cc1Sc1ncnc2ccccc12. The monoisotopic (exact) mass is 349 g/mol. The van der Waals surface area contributed by atoms with E-state index in [1.54, 1.807) is 6.07 Å². The second kappa shape index (κ2) is 5.38. The molecule has 2 N–H and O–H groups in total. The first-order valence-corrected chi connectivity index (χ1v) is 7.38. The molecule has 0 radical (unpaired) electrons. The van der Waals surface area contributed by atoms with Gasteiger partial charge in [-0.3, -0.25) is 0 Å². The molecule has 0 aliphatic carbocycles. The van der Waals surface area contributed by atoms with E-state index >= 15 is 0 Å². The Morgan fingerprint density at radius 3 is 2.80 bits per heavy atom. The van der Waals surface area contributed by atoms with Gasteiger partial charge in [0.05, 0.1) is 9.99 Å². The summed E-state index contributed by atoms with van der Waals surface area (Å²) in [7, 11) is 0. The molecule has 0 atom stereocenters. The van der Waals surface area contributed by atoms with Gasteiger partial charge in [-0.05, 0) is 34.1 Å². The highest BCUT2D eigenvalue weighted by Crippen LogP contribution is 2.36. The summed E-state index contributed by atoms with van der Waals surface area (Å²) in [6.45, 7) is 0. The Kier molecular flexibility index (Phi) is 3.58. The quantitative estimate of drug-likeness (QED) is 0.554. The number of hydrogen-bond acceptors (Lipinski definition) is 4. The minimum absolute atomic E-state index is 0.376. The van der Waals surface area contributed by atoms with Crippen LogP contribution in [0.1, 0.15) is 0 Å². The lowest BCUT2D eigenvalue weighted by atomic mass is 10.2. The molecule has 2 aromatic carbocycles. The van der Waals surface area contributed by atoms with Gasteiger partial charge in [-0.15, -0.1) is 0 Å². The molecule has 0 saturated carbocycles. The van der Waals surface area contributed by atoms with Crippen molar-refractivity contribution in [3.8, 4) is 0 Å². The first kappa shape index (κ1) is 13.3. The van der Waals surface area contributed by atoms with Crippen LogP contribution in [-0.2, 0) is 0 Å². The van der Waals surface area contributed by atoms with Gasteiger partial charge in [-0.25, -0.2) is 14.4 Å². The average molecular weight is 350 g/mol. The fourth-order valence-corrected chi connectivity index (χ4v) is 3.24. The van der Waals surface area contributed by atoms with Crippen LogP contribution in [0.3, 0.4) is 0 Å². The summed E-state index contributed by atoms with van der Waals surface area (Å²) in [4.78, 5) is 9.25. The molecule has 0 aliphatic rings. The van der Waals surface area contributed by atoms with Crippen molar-refractivity contribution < 1.29 is 4.39 Å². The van der Waals surface area contributed by atoms with Crippen LogP contribution >= 0.6 is 27.7 Å². The van der Waals surface area contributed by atoms with Gasteiger partial charge in [-0.2, -0.15) is 0 Å². The summed E-state index contributed by atoms with van der Waals surface area (Å²) < 4.78 is 13.8. The lowest BCUT2D eigenvalue weighted by Gasteiger charge is -2.08. The van der Waals surface area contributed by atoms with Gasteiger partial charge in [-0.1, -0.05) is 30.0 Å². The van der Waals surface area contributed by atoms with Crippen molar-refractivity contribution in [1.82, 2.24) is 9.97 Å². The third-order valence-electron chi connectivity index (χ3n) is 2.77. The maximum atomic E-state index is 13.4. The largest absolute Gasteiger partial charge is 0.398 e. The molecule has 3 aromatic rings. The van der Waals surface area contributed by atoms with E-state index in [1.807, 2.05) is 24.3 Å². The second-order valence-corrected chi connectivity index (χ2v) is 5.99. The molecule has 0 unspecified atom stereocenters. The number of anilines is 1. The molecule has 3 rings (SSSR count). The zero-order chi connectivity index (χ0) is 14.1. The molecule has 20 heavy (non-hydrogen) atoms. The Balaban J connectivity index is 2.08. The first-order valence-electron chi connectivity index (χ1n) is 5.77. The molecular weight excluding hydrogens is 341 g/mol. The van der Waals surface area contributed by atoms with Gasteiger partial charge >= 0.3 is 0 Å². The summed E-state index contributed by atoms with van der Waals surface area (Å²) in [5, 5.41) is 1.74. The number of nitrogens with two attached hydrogens (primary N) is 1. The van der Waals surface area contributed by atoms with Crippen LogP contribution in [0.15, 0.2) is 57.1 Å². The Labute approximate surface area is 127 Å². The van der Waals surface area contributed by atoms with E-state index in [4.69, 9.17) is 5.73 Å². The van der Waals surface area contributed by atoms with Crippen molar-refractivity contribution in [3.05, 3.63) is 53.0 Å². The lowest BCUT2D eigenvalue weighted by Crippen LogP contribution is -1.92. The number of halogens is 2. The first-order chi connectivity index (χ1) is 9.65. The molecule has 1 heterocycles. The van der Waals surface area contributed by atoms with E-state index in [0.29, 0.717) is 10.2 Å². The van der Waals surface area contributed by atoms with Gasteiger partial charge in [0.1, 0.15) is 17.2 Å². The van der Waals surface area contributed by atoms with Gasteiger partial charge in [0.15, 0.2) is 0 Å². The van der Waals surface area contributed by atoms with E-state index in [1.165, 1.54) is 24.2 Å². The van der Waals surface area contributed by atoms with E-state index in [0.717, 1.165) is 20.8 Å². The maximum Gasteiger partial charge on any atom is 0.139 e. The Hall–Kier alpha value is -1.66. The summed E-state index contributed by atoms with van der Waals surface area (Å²) in [6.07, 6.45) is 1.51. The molecule has 3 nitrogen and oxygen atoms in total. The standard InChI is InChI=1S/C14H9BrFN3S/c15-9-5-13(11(17)6-10(9)16)20-14-8-3-1-2-4-12(8)18-7-19-14/h1-7H,17H2. The molecular formula is C14H9BrFN3S. The van der Waals surface area contributed by atoms with Gasteiger partial charge in [0.2, 0.25) is 0 Å². The smallest absolute Gasteiger partial charge is 0.139 e.